The average Bonchev–Trinajstić information content (AvgIpc) is 1.02. The number of carbonyl (C=O) groups excluding carboxylic acids is 4. The monoisotopic (exact) mass is 1440 g/mol. The van der Waals surface area contributed by atoms with Gasteiger partial charge in [-0.3, -0.25) is 37.3 Å². The summed E-state index contributed by atoms with van der Waals surface area (Å²) in [5.74, 6) is 0.163. The highest BCUT2D eigenvalue weighted by Crippen LogP contribution is 2.45. The molecule has 0 spiro atoms. The lowest BCUT2D eigenvalue weighted by Gasteiger charge is -2.21. The van der Waals surface area contributed by atoms with Crippen molar-refractivity contribution in [2.24, 2.45) is 17.8 Å². The summed E-state index contributed by atoms with van der Waals surface area (Å²) in [7, 11) is -9.92. The fourth-order valence-electron chi connectivity index (χ4n) is 12.1. The van der Waals surface area contributed by atoms with Gasteiger partial charge in [0.05, 0.1) is 26.4 Å². The van der Waals surface area contributed by atoms with Gasteiger partial charge in [-0.25, -0.2) is 9.13 Å². The second kappa shape index (κ2) is 69.4. The third kappa shape index (κ3) is 71.1. The first-order valence-electron chi connectivity index (χ1n) is 40.9. The van der Waals surface area contributed by atoms with Crippen LogP contribution in [0.2, 0.25) is 0 Å². The molecule has 0 saturated carbocycles. The molecule has 0 heterocycles. The molecule has 0 aromatic rings. The van der Waals surface area contributed by atoms with Gasteiger partial charge in [0, 0.05) is 25.7 Å². The van der Waals surface area contributed by atoms with Crippen molar-refractivity contribution in [2.75, 3.05) is 39.6 Å². The molecule has 0 radical (unpaired) electrons. The lowest BCUT2D eigenvalue weighted by Crippen LogP contribution is -2.30. The smallest absolute Gasteiger partial charge is 0.462 e. The molecule has 0 aliphatic rings. The molecule has 6 atom stereocenters. The van der Waals surface area contributed by atoms with E-state index < -0.39 is 97.5 Å². The minimum Gasteiger partial charge on any atom is -0.462 e. The van der Waals surface area contributed by atoms with Crippen molar-refractivity contribution in [2.45, 2.75) is 426 Å². The van der Waals surface area contributed by atoms with E-state index in [1.807, 2.05) is 0 Å². The van der Waals surface area contributed by atoms with E-state index in [9.17, 15) is 43.2 Å². The molecule has 0 bridgehead atoms. The van der Waals surface area contributed by atoms with Crippen molar-refractivity contribution < 1.29 is 80.2 Å². The van der Waals surface area contributed by atoms with Crippen LogP contribution in [-0.4, -0.2) is 96.7 Å². The van der Waals surface area contributed by atoms with Gasteiger partial charge in [-0.1, -0.05) is 357 Å². The molecule has 0 aliphatic carbocycles. The minimum atomic E-state index is -4.96. The van der Waals surface area contributed by atoms with Crippen LogP contribution >= 0.6 is 15.6 Å². The van der Waals surface area contributed by atoms with E-state index in [4.69, 9.17) is 37.0 Å². The van der Waals surface area contributed by atoms with Gasteiger partial charge in [-0.05, 0) is 43.4 Å². The summed E-state index contributed by atoms with van der Waals surface area (Å²) in [4.78, 5) is 72.9. The summed E-state index contributed by atoms with van der Waals surface area (Å²) in [5.41, 5.74) is 0. The fourth-order valence-corrected chi connectivity index (χ4v) is 13.7. The van der Waals surface area contributed by atoms with Crippen LogP contribution in [0.3, 0.4) is 0 Å². The van der Waals surface area contributed by atoms with Gasteiger partial charge in [0.2, 0.25) is 0 Å². The summed E-state index contributed by atoms with van der Waals surface area (Å²) in [6.07, 6.45) is 57.0. The van der Waals surface area contributed by atoms with Gasteiger partial charge in [0.25, 0.3) is 0 Å². The third-order valence-electron chi connectivity index (χ3n) is 18.7. The lowest BCUT2D eigenvalue weighted by atomic mass is 9.99. The first kappa shape index (κ1) is 96.1. The quantitative estimate of drug-likeness (QED) is 0.0222. The number of carbonyl (C=O) groups is 4. The van der Waals surface area contributed by atoms with Crippen molar-refractivity contribution in [3.63, 3.8) is 0 Å². The van der Waals surface area contributed by atoms with Gasteiger partial charge in [-0.15, -0.1) is 0 Å². The van der Waals surface area contributed by atoms with Gasteiger partial charge in [0.1, 0.15) is 19.3 Å². The molecule has 19 heteroatoms. The summed E-state index contributed by atoms with van der Waals surface area (Å²) in [5, 5.41) is 10.6. The van der Waals surface area contributed by atoms with E-state index in [0.29, 0.717) is 31.6 Å². The molecule has 3 N–H and O–H groups in total. The Labute approximate surface area is 600 Å². The predicted molar refractivity (Wildman–Crippen MR) is 400 cm³/mol. The summed E-state index contributed by atoms with van der Waals surface area (Å²) >= 11 is 0. The fraction of sp³-hybridized carbons (Fsp3) is 0.949. The molecule has 0 aromatic carbocycles. The largest absolute Gasteiger partial charge is 0.472 e. The zero-order valence-electron chi connectivity index (χ0n) is 64.3. The number of esters is 4. The Bertz CT molecular complexity index is 1910. The Morgan fingerprint density at radius 1 is 0.296 bits per heavy atom. The topological polar surface area (TPSA) is 237 Å². The standard InChI is InChI=1S/C79H154O17P2/c1-8-10-11-12-13-14-15-16-17-18-19-20-21-22-23-26-33-40-48-55-62-78(83)95-74(66-89-76(81)60-53-46-39-32-27-24-25-30-36-43-50-57-70(3)4)68-93-97(85,86)91-64-73(80)65-92-98(87,88)94-69-75(67-90-77(82)61-54-47-42-35-37-44-51-58-71(5)6)96-79(84)63-56-49-41-34-29-28-31-38-45-52-59-72(7)9-2/h70-75,80H,8-69H2,1-7H3,(H,85,86)(H,87,88)/t72?,73-,74-,75-/m1/s1. The molecule has 0 saturated heterocycles. The highest BCUT2D eigenvalue weighted by molar-refractivity contribution is 7.47. The van der Waals surface area contributed by atoms with Crippen molar-refractivity contribution in [3.05, 3.63) is 0 Å². The van der Waals surface area contributed by atoms with Gasteiger partial charge < -0.3 is 33.8 Å². The van der Waals surface area contributed by atoms with E-state index in [2.05, 4.69) is 48.5 Å². The van der Waals surface area contributed by atoms with E-state index in [1.165, 1.54) is 212 Å². The molecular weight excluding hydrogens is 1280 g/mol. The Morgan fingerprint density at radius 3 is 0.776 bits per heavy atom. The van der Waals surface area contributed by atoms with Crippen molar-refractivity contribution in [3.8, 4) is 0 Å². The summed E-state index contributed by atoms with van der Waals surface area (Å²) in [6.45, 7) is 11.9. The molecule has 3 unspecified atom stereocenters. The number of aliphatic hydroxyl groups excluding tert-OH is 1. The number of rotatable bonds is 77. The number of hydrogen-bond donors (Lipinski definition) is 3. The molecule has 17 nitrogen and oxygen atoms in total. The number of aliphatic hydroxyl groups is 1. The summed E-state index contributed by atoms with van der Waals surface area (Å²) in [6, 6.07) is 0. The normalized spacial score (nSPS) is 14.3. The van der Waals surface area contributed by atoms with Crippen molar-refractivity contribution in [1.82, 2.24) is 0 Å². The molecule has 0 aliphatic heterocycles. The van der Waals surface area contributed by atoms with Crippen molar-refractivity contribution >= 4 is 39.5 Å². The molecule has 98 heavy (non-hydrogen) atoms. The molecule has 0 aromatic heterocycles. The Hall–Kier alpha value is -1.94. The second-order valence-corrected chi connectivity index (χ2v) is 32.6. The number of phosphoric ester groups is 2. The molecular formula is C79H154O17P2. The lowest BCUT2D eigenvalue weighted by molar-refractivity contribution is -0.161. The van der Waals surface area contributed by atoms with Gasteiger partial charge >= 0.3 is 39.5 Å². The Morgan fingerprint density at radius 2 is 0.520 bits per heavy atom. The van der Waals surface area contributed by atoms with E-state index in [-0.39, 0.29) is 25.7 Å². The molecule has 582 valence electrons. The maximum Gasteiger partial charge on any atom is 0.472 e. The van der Waals surface area contributed by atoms with Crippen LogP contribution < -0.4 is 0 Å². The van der Waals surface area contributed by atoms with E-state index in [1.54, 1.807) is 0 Å². The molecule has 0 amide bonds. The van der Waals surface area contributed by atoms with Crippen LogP contribution in [0.1, 0.15) is 408 Å². The number of ether oxygens (including phenoxy) is 4. The van der Waals surface area contributed by atoms with Gasteiger partial charge in [-0.2, -0.15) is 0 Å². The van der Waals surface area contributed by atoms with Crippen LogP contribution in [0.25, 0.3) is 0 Å². The average molecular weight is 1440 g/mol. The summed E-state index contributed by atoms with van der Waals surface area (Å²) < 4.78 is 68.6. The third-order valence-corrected chi connectivity index (χ3v) is 20.6. The maximum atomic E-state index is 13.1. The number of phosphoric acid groups is 2. The zero-order valence-corrected chi connectivity index (χ0v) is 66.0. The highest BCUT2D eigenvalue weighted by Gasteiger charge is 2.30. The Balaban J connectivity index is 5.23. The van der Waals surface area contributed by atoms with Crippen LogP contribution in [0.4, 0.5) is 0 Å². The second-order valence-electron chi connectivity index (χ2n) is 29.6. The zero-order chi connectivity index (χ0) is 72.3. The first-order valence-corrected chi connectivity index (χ1v) is 43.9. The van der Waals surface area contributed by atoms with Crippen LogP contribution in [0, 0.1) is 17.8 Å². The van der Waals surface area contributed by atoms with Gasteiger partial charge in [0.15, 0.2) is 12.2 Å². The molecule has 0 fully saturated rings. The Kier molecular flexibility index (Phi) is 68.1. The first-order chi connectivity index (χ1) is 47.3. The highest BCUT2D eigenvalue weighted by atomic mass is 31.2. The SMILES string of the molecule is CCCCCCCCCCCCCCCCCCCCCCC(=O)O[C@H](COC(=O)CCCCCCCCCCCCCC(C)C)COP(=O)(O)OC[C@@H](O)COP(=O)(O)OC[C@@H](COC(=O)CCCCCCCCCC(C)C)OC(=O)CCCCCCCCCCCCC(C)CC. The van der Waals surface area contributed by atoms with Crippen LogP contribution in [-0.2, 0) is 65.4 Å². The van der Waals surface area contributed by atoms with Crippen molar-refractivity contribution in [1.29, 1.82) is 0 Å². The van der Waals surface area contributed by atoms with Crippen LogP contribution in [0.5, 0.6) is 0 Å². The minimum absolute atomic E-state index is 0.105. The van der Waals surface area contributed by atoms with E-state index >= 15 is 0 Å². The number of unbranched alkanes of at least 4 members (excludes halogenated alkanes) is 44. The van der Waals surface area contributed by atoms with E-state index in [0.717, 1.165) is 108 Å². The number of hydrogen-bond acceptors (Lipinski definition) is 15. The predicted octanol–water partition coefficient (Wildman–Crippen LogP) is 23.4. The van der Waals surface area contributed by atoms with Crippen LogP contribution in [0.15, 0.2) is 0 Å². The molecule has 0 rings (SSSR count). The maximum absolute atomic E-state index is 13.1.